The van der Waals surface area contributed by atoms with Crippen molar-refractivity contribution in [2.24, 2.45) is 0 Å². The smallest absolute Gasteiger partial charge is 0.0900 e. The van der Waals surface area contributed by atoms with Crippen molar-refractivity contribution in [3.63, 3.8) is 0 Å². The summed E-state index contributed by atoms with van der Waals surface area (Å²) in [6.45, 7) is 6.67. The highest BCUT2D eigenvalue weighted by molar-refractivity contribution is 4.78. The molecule has 1 heterocycles. The molecule has 16 heavy (non-hydrogen) atoms. The number of ether oxygens (including phenoxy) is 1. The van der Waals surface area contributed by atoms with Crippen LogP contribution in [0.25, 0.3) is 0 Å². The van der Waals surface area contributed by atoms with E-state index in [4.69, 9.17) is 4.74 Å². The Hall–Kier alpha value is -0.160. The lowest BCUT2D eigenvalue weighted by molar-refractivity contribution is 0.0311. The average molecular weight is 230 g/mol. The Labute approximate surface area is 99.0 Å². The second-order valence-corrected chi connectivity index (χ2v) is 4.64. The number of nitrogens with zero attached hydrogens (tertiary/aromatic N) is 1. The molecule has 1 unspecified atom stereocenters. The van der Waals surface area contributed by atoms with Gasteiger partial charge in [-0.25, -0.2) is 0 Å². The maximum atomic E-state index is 9.63. The molecule has 0 aromatic carbocycles. The molecule has 0 radical (unpaired) electrons. The summed E-state index contributed by atoms with van der Waals surface area (Å²) < 4.78 is 4.93. The Balaban J connectivity index is 2.11. The van der Waals surface area contributed by atoms with Gasteiger partial charge in [0.2, 0.25) is 0 Å². The largest absolute Gasteiger partial charge is 0.389 e. The number of hydrogen-bond acceptors (Lipinski definition) is 4. The van der Waals surface area contributed by atoms with Gasteiger partial charge in [0, 0.05) is 19.7 Å². The number of rotatable bonds is 7. The molecule has 4 nitrogen and oxygen atoms in total. The first-order valence-electron chi connectivity index (χ1n) is 6.39. The number of methoxy groups -OCH3 is 1. The number of nitrogens with one attached hydrogen (secondary N) is 1. The van der Waals surface area contributed by atoms with E-state index in [1.54, 1.807) is 7.11 Å². The number of aliphatic hydroxyl groups excluding tert-OH is 1. The summed E-state index contributed by atoms with van der Waals surface area (Å²) in [5, 5.41) is 13.2. The van der Waals surface area contributed by atoms with Crippen molar-refractivity contribution in [1.29, 1.82) is 0 Å². The Bertz CT molecular complexity index is 170. The number of hydrogen-bond donors (Lipinski definition) is 2. The maximum Gasteiger partial charge on any atom is 0.0900 e. The molecule has 4 heteroatoms. The molecule has 0 bridgehead atoms. The molecule has 0 saturated carbocycles. The van der Waals surface area contributed by atoms with Crippen molar-refractivity contribution >= 4 is 0 Å². The van der Waals surface area contributed by atoms with E-state index in [0.29, 0.717) is 12.6 Å². The molecular weight excluding hydrogens is 204 g/mol. The summed E-state index contributed by atoms with van der Waals surface area (Å²) in [7, 11) is 1.63. The molecule has 0 aromatic rings. The van der Waals surface area contributed by atoms with Gasteiger partial charge in [0.05, 0.1) is 12.7 Å². The Morgan fingerprint density at radius 2 is 2.12 bits per heavy atom. The standard InChI is InChI=1S/C12H26N2O2/c1-3-6-13-11-4-7-14(8-5-11)9-12(15)10-16-2/h11-13,15H,3-10H2,1-2H3. The average Bonchev–Trinajstić information content (AvgIpc) is 2.28. The molecule has 1 rings (SSSR count). The van der Waals surface area contributed by atoms with Crippen LogP contribution in [0, 0.1) is 0 Å². The second-order valence-electron chi connectivity index (χ2n) is 4.64. The molecule has 0 spiro atoms. The van der Waals surface area contributed by atoms with Crippen molar-refractivity contribution < 1.29 is 9.84 Å². The molecule has 1 aliphatic heterocycles. The lowest BCUT2D eigenvalue weighted by Gasteiger charge is -2.33. The Morgan fingerprint density at radius 1 is 1.44 bits per heavy atom. The normalized spacial score (nSPS) is 21.2. The second kappa shape index (κ2) is 8.01. The molecule has 1 atom stereocenters. The zero-order chi connectivity index (χ0) is 11.8. The van der Waals surface area contributed by atoms with Crippen LogP contribution >= 0.6 is 0 Å². The third kappa shape index (κ3) is 5.25. The summed E-state index contributed by atoms with van der Waals surface area (Å²) in [6.07, 6.45) is 3.25. The molecule has 1 saturated heterocycles. The van der Waals surface area contributed by atoms with Crippen LogP contribution in [0.15, 0.2) is 0 Å². The van der Waals surface area contributed by atoms with Gasteiger partial charge in [-0.2, -0.15) is 0 Å². The molecule has 0 amide bonds. The maximum absolute atomic E-state index is 9.63. The van der Waals surface area contributed by atoms with E-state index in [9.17, 15) is 5.11 Å². The van der Waals surface area contributed by atoms with Crippen molar-refractivity contribution in [3.8, 4) is 0 Å². The third-order valence-electron chi connectivity index (χ3n) is 3.10. The van der Waals surface area contributed by atoms with Crippen LogP contribution in [0.4, 0.5) is 0 Å². The summed E-state index contributed by atoms with van der Waals surface area (Å²) in [5.41, 5.74) is 0. The van der Waals surface area contributed by atoms with Crippen molar-refractivity contribution in [2.45, 2.75) is 38.3 Å². The van der Waals surface area contributed by atoms with Crippen molar-refractivity contribution in [3.05, 3.63) is 0 Å². The van der Waals surface area contributed by atoms with E-state index in [1.165, 1.54) is 19.3 Å². The van der Waals surface area contributed by atoms with Crippen LogP contribution in [0.5, 0.6) is 0 Å². The van der Waals surface area contributed by atoms with Gasteiger partial charge >= 0.3 is 0 Å². The van der Waals surface area contributed by atoms with Gasteiger partial charge in [0.15, 0.2) is 0 Å². The Kier molecular flexibility index (Phi) is 6.96. The van der Waals surface area contributed by atoms with E-state index in [0.717, 1.165) is 26.2 Å². The van der Waals surface area contributed by atoms with Crippen molar-refractivity contribution in [2.75, 3.05) is 39.9 Å². The van der Waals surface area contributed by atoms with Crippen LogP contribution in [-0.2, 0) is 4.74 Å². The Morgan fingerprint density at radius 3 is 2.69 bits per heavy atom. The summed E-state index contributed by atoms with van der Waals surface area (Å²) >= 11 is 0. The van der Waals surface area contributed by atoms with Crippen LogP contribution in [0.2, 0.25) is 0 Å². The number of aliphatic hydroxyl groups is 1. The SMILES string of the molecule is CCCNC1CCN(CC(O)COC)CC1. The molecule has 1 fully saturated rings. The molecular formula is C12H26N2O2. The van der Waals surface area contributed by atoms with Gasteiger partial charge in [-0.05, 0) is 38.9 Å². The van der Waals surface area contributed by atoms with Gasteiger partial charge in [-0.15, -0.1) is 0 Å². The number of piperidine rings is 1. The van der Waals surface area contributed by atoms with Gasteiger partial charge in [-0.3, -0.25) is 0 Å². The molecule has 0 aliphatic carbocycles. The molecule has 0 aromatic heterocycles. The highest BCUT2D eigenvalue weighted by Gasteiger charge is 2.20. The van der Waals surface area contributed by atoms with E-state index >= 15 is 0 Å². The van der Waals surface area contributed by atoms with Gasteiger partial charge in [-0.1, -0.05) is 6.92 Å². The minimum atomic E-state index is -0.342. The molecule has 2 N–H and O–H groups in total. The fourth-order valence-electron chi connectivity index (χ4n) is 2.21. The lowest BCUT2D eigenvalue weighted by atomic mass is 10.0. The quantitative estimate of drug-likeness (QED) is 0.667. The summed E-state index contributed by atoms with van der Waals surface area (Å²) in [6, 6.07) is 0.677. The molecule has 1 aliphatic rings. The van der Waals surface area contributed by atoms with Crippen LogP contribution < -0.4 is 5.32 Å². The zero-order valence-corrected chi connectivity index (χ0v) is 10.6. The fraction of sp³-hybridized carbons (Fsp3) is 1.00. The monoisotopic (exact) mass is 230 g/mol. The first-order chi connectivity index (χ1) is 7.76. The number of likely N-dealkylation sites (tertiary alicyclic amines) is 1. The topological polar surface area (TPSA) is 44.7 Å². The summed E-state index contributed by atoms with van der Waals surface area (Å²) in [5.74, 6) is 0. The predicted octanol–water partition coefficient (Wildman–Crippen LogP) is 0.458. The van der Waals surface area contributed by atoms with E-state index in [1.807, 2.05) is 0 Å². The van der Waals surface area contributed by atoms with Gasteiger partial charge in [0.25, 0.3) is 0 Å². The lowest BCUT2D eigenvalue weighted by Crippen LogP contribution is -2.45. The molecule has 96 valence electrons. The third-order valence-corrected chi connectivity index (χ3v) is 3.10. The minimum Gasteiger partial charge on any atom is -0.389 e. The zero-order valence-electron chi connectivity index (χ0n) is 10.6. The predicted molar refractivity (Wildman–Crippen MR) is 65.6 cm³/mol. The van der Waals surface area contributed by atoms with Crippen LogP contribution in [0.3, 0.4) is 0 Å². The van der Waals surface area contributed by atoms with Crippen molar-refractivity contribution in [1.82, 2.24) is 10.2 Å². The summed E-state index contributed by atoms with van der Waals surface area (Å²) in [4.78, 5) is 2.33. The van der Waals surface area contributed by atoms with Crippen LogP contribution in [-0.4, -0.2) is 62.0 Å². The first-order valence-corrected chi connectivity index (χ1v) is 6.39. The van der Waals surface area contributed by atoms with Gasteiger partial charge in [0.1, 0.15) is 0 Å². The van der Waals surface area contributed by atoms with E-state index in [-0.39, 0.29) is 6.10 Å². The number of β-amino-alcohol motifs (C(OH)–C–C–N with tert-alkyl or cyclic N) is 1. The van der Waals surface area contributed by atoms with E-state index in [2.05, 4.69) is 17.1 Å². The van der Waals surface area contributed by atoms with E-state index < -0.39 is 0 Å². The minimum absolute atomic E-state index is 0.342. The first kappa shape index (κ1) is 13.9. The van der Waals surface area contributed by atoms with Gasteiger partial charge < -0.3 is 20.1 Å². The highest BCUT2D eigenvalue weighted by atomic mass is 16.5. The van der Waals surface area contributed by atoms with Crippen LogP contribution in [0.1, 0.15) is 26.2 Å². The highest BCUT2D eigenvalue weighted by Crippen LogP contribution is 2.10. The fourth-order valence-corrected chi connectivity index (χ4v) is 2.21.